The van der Waals surface area contributed by atoms with Crippen LogP contribution in [0.15, 0.2) is 0 Å². The summed E-state index contributed by atoms with van der Waals surface area (Å²) in [6.07, 6.45) is -1.92. The van der Waals surface area contributed by atoms with Gasteiger partial charge in [-0.1, -0.05) is 0 Å². The van der Waals surface area contributed by atoms with Gasteiger partial charge in [-0.2, -0.15) is 25.3 Å². The summed E-state index contributed by atoms with van der Waals surface area (Å²) in [6, 6.07) is -5.26. The number of aliphatic hydroxyl groups excluding tert-OH is 1. The van der Waals surface area contributed by atoms with E-state index in [-0.39, 0.29) is 24.3 Å². The Hall–Kier alpha value is -2.03. The topological polar surface area (TPSA) is 208 Å². The lowest BCUT2D eigenvalue weighted by Crippen LogP contribution is -2.60. The normalized spacial score (nSPS) is 15.9. The molecule has 8 N–H and O–H groups in total. The Kier molecular flexibility index (Phi) is 12.3. The molecule has 0 aromatic carbocycles. The maximum Gasteiger partial charge on any atom is 0.327 e. The second kappa shape index (κ2) is 13.2. The lowest BCUT2D eigenvalue weighted by Gasteiger charge is -2.25. The molecule has 5 atom stereocenters. The standard InChI is InChI=1S/C15H26N4O8S2/c1-6(20)11(19-12(23)7(16)2-3-10(21)22)14(25)17-8(4-28)13(24)18-9(5-29)15(26)27/h6-9,11,20,28-29H,2-5,16H2,1H3,(H,17,25)(H,18,24)(H,19,23)(H,21,22)(H,26,27). The molecule has 0 heterocycles. The molecule has 5 unspecified atom stereocenters. The zero-order valence-electron chi connectivity index (χ0n) is 15.6. The molecule has 0 aromatic rings. The molecule has 0 aliphatic heterocycles. The lowest BCUT2D eigenvalue weighted by atomic mass is 10.1. The number of carboxylic acid groups (broad SMARTS) is 2. The first kappa shape index (κ1) is 27.0. The summed E-state index contributed by atoms with van der Waals surface area (Å²) in [7, 11) is 0. The molecular weight excluding hydrogens is 428 g/mol. The quantitative estimate of drug-likeness (QED) is 0.129. The van der Waals surface area contributed by atoms with Gasteiger partial charge in [-0.3, -0.25) is 19.2 Å². The van der Waals surface area contributed by atoms with Gasteiger partial charge in [0, 0.05) is 17.9 Å². The minimum atomic E-state index is -1.49. The highest BCUT2D eigenvalue weighted by molar-refractivity contribution is 7.80. The summed E-state index contributed by atoms with van der Waals surface area (Å²) >= 11 is 7.75. The van der Waals surface area contributed by atoms with Crippen LogP contribution < -0.4 is 21.7 Å². The second-order valence-electron chi connectivity index (χ2n) is 6.09. The van der Waals surface area contributed by atoms with E-state index in [4.69, 9.17) is 15.9 Å². The molecule has 0 aromatic heterocycles. The van der Waals surface area contributed by atoms with E-state index in [9.17, 15) is 29.1 Å². The zero-order valence-corrected chi connectivity index (χ0v) is 17.4. The first-order valence-corrected chi connectivity index (χ1v) is 9.72. The van der Waals surface area contributed by atoms with E-state index in [1.807, 2.05) is 0 Å². The molecular formula is C15H26N4O8S2. The highest BCUT2D eigenvalue weighted by Crippen LogP contribution is 2.01. The third-order valence-corrected chi connectivity index (χ3v) is 4.41. The highest BCUT2D eigenvalue weighted by atomic mass is 32.1. The number of amides is 3. The van der Waals surface area contributed by atoms with Gasteiger partial charge in [0.25, 0.3) is 0 Å². The van der Waals surface area contributed by atoms with Gasteiger partial charge < -0.3 is 37.0 Å². The molecule has 3 amide bonds. The number of carbonyl (C=O) groups excluding carboxylic acids is 3. The van der Waals surface area contributed by atoms with Gasteiger partial charge >= 0.3 is 11.9 Å². The molecule has 166 valence electrons. The van der Waals surface area contributed by atoms with Crippen LogP contribution in [0, 0.1) is 0 Å². The molecule has 0 aliphatic rings. The van der Waals surface area contributed by atoms with E-state index < -0.39 is 59.9 Å². The molecule has 0 spiro atoms. The average Bonchev–Trinajstić information content (AvgIpc) is 2.64. The minimum Gasteiger partial charge on any atom is -0.481 e. The molecule has 12 nitrogen and oxygen atoms in total. The van der Waals surface area contributed by atoms with Crippen molar-refractivity contribution in [1.82, 2.24) is 16.0 Å². The van der Waals surface area contributed by atoms with Crippen LogP contribution in [0.1, 0.15) is 19.8 Å². The van der Waals surface area contributed by atoms with E-state index in [0.717, 1.165) is 0 Å². The van der Waals surface area contributed by atoms with Gasteiger partial charge in [0.2, 0.25) is 17.7 Å². The minimum absolute atomic E-state index is 0.183. The van der Waals surface area contributed by atoms with Gasteiger partial charge in [0.15, 0.2) is 0 Å². The van der Waals surface area contributed by atoms with E-state index in [1.54, 1.807) is 0 Å². The van der Waals surface area contributed by atoms with Gasteiger partial charge in [-0.25, -0.2) is 4.79 Å². The molecule has 0 radical (unpaired) electrons. The average molecular weight is 455 g/mol. The SMILES string of the molecule is CC(O)C(NC(=O)C(N)CCC(=O)O)C(=O)NC(CS)C(=O)NC(CS)C(=O)O. The summed E-state index contributed by atoms with van der Waals surface area (Å²) in [6.45, 7) is 1.21. The second-order valence-corrected chi connectivity index (χ2v) is 6.82. The smallest absolute Gasteiger partial charge is 0.327 e. The number of rotatable bonds is 13. The largest absolute Gasteiger partial charge is 0.481 e. The van der Waals surface area contributed by atoms with Crippen LogP contribution in [0.4, 0.5) is 0 Å². The van der Waals surface area contributed by atoms with Crippen molar-refractivity contribution >= 4 is 54.9 Å². The number of hydrogen-bond acceptors (Lipinski definition) is 9. The number of nitrogens with two attached hydrogens (primary N) is 1. The maximum atomic E-state index is 12.4. The Bertz CT molecular complexity index is 619. The third kappa shape index (κ3) is 9.83. The van der Waals surface area contributed by atoms with Crippen molar-refractivity contribution in [3.63, 3.8) is 0 Å². The first-order valence-electron chi connectivity index (χ1n) is 8.45. The van der Waals surface area contributed by atoms with Gasteiger partial charge in [0.1, 0.15) is 18.1 Å². The fraction of sp³-hybridized carbons (Fsp3) is 0.667. The van der Waals surface area contributed by atoms with Crippen molar-refractivity contribution in [3.8, 4) is 0 Å². The van der Waals surface area contributed by atoms with Gasteiger partial charge in [0.05, 0.1) is 12.1 Å². The summed E-state index contributed by atoms with van der Waals surface area (Å²) in [5.41, 5.74) is 5.56. The summed E-state index contributed by atoms with van der Waals surface area (Å²) < 4.78 is 0. The maximum absolute atomic E-state index is 12.4. The first-order chi connectivity index (χ1) is 13.4. The lowest BCUT2D eigenvalue weighted by molar-refractivity contribution is -0.141. The number of aliphatic hydroxyl groups is 1. The van der Waals surface area contributed by atoms with Crippen molar-refractivity contribution in [2.45, 2.75) is 50.0 Å². The Labute approximate surface area is 177 Å². The van der Waals surface area contributed by atoms with Crippen molar-refractivity contribution in [2.75, 3.05) is 11.5 Å². The molecule has 0 aliphatic carbocycles. The predicted octanol–water partition coefficient (Wildman–Crippen LogP) is -3.04. The number of nitrogens with one attached hydrogen (secondary N) is 3. The fourth-order valence-electron chi connectivity index (χ4n) is 1.99. The van der Waals surface area contributed by atoms with Crippen molar-refractivity contribution in [2.24, 2.45) is 5.73 Å². The molecule has 0 bridgehead atoms. The zero-order chi connectivity index (χ0) is 22.7. The molecule has 0 fully saturated rings. The van der Waals surface area contributed by atoms with Crippen molar-refractivity contribution in [3.05, 3.63) is 0 Å². The van der Waals surface area contributed by atoms with E-state index in [0.29, 0.717) is 0 Å². The summed E-state index contributed by atoms with van der Waals surface area (Å²) in [5, 5.41) is 34.0. The van der Waals surface area contributed by atoms with Crippen LogP contribution in [-0.4, -0.2) is 86.8 Å². The summed E-state index contributed by atoms with van der Waals surface area (Å²) in [5.74, 6) is -5.50. The van der Waals surface area contributed by atoms with Crippen molar-refractivity contribution in [1.29, 1.82) is 0 Å². The van der Waals surface area contributed by atoms with E-state index in [1.165, 1.54) is 6.92 Å². The van der Waals surface area contributed by atoms with Crippen LogP contribution in [0.5, 0.6) is 0 Å². The number of aliphatic carboxylic acids is 2. The molecule has 14 heteroatoms. The Morgan fingerprint density at radius 3 is 1.83 bits per heavy atom. The van der Waals surface area contributed by atoms with Crippen LogP contribution in [0.2, 0.25) is 0 Å². The number of carboxylic acids is 2. The van der Waals surface area contributed by atoms with Crippen LogP contribution in [0.3, 0.4) is 0 Å². The van der Waals surface area contributed by atoms with Gasteiger partial charge in [-0.05, 0) is 13.3 Å². The Morgan fingerprint density at radius 1 is 0.897 bits per heavy atom. The number of hydrogen-bond donors (Lipinski definition) is 9. The highest BCUT2D eigenvalue weighted by Gasteiger charge is 2.31. The molecule has 0 saturated carbocycles. The van der Waals surface area contributed by atoms with Crippen molar-refractivity contribution < 1.29 is 39.3 Å². The molecule has 0 rings (SSSR count). The van der Waals surface area contributed by atoms with Crippen LogP contribution in [-0.2, 0) is 24.0 Å². The molecule has 0 saturated heterocycles. The Balaban J connectivity index is 5.05. The van der Waals surface area contributed by atoms with Gasteiger partial charge in [-0.15, -0.1) is 0 Å². The molecule has 29 heavy (non-hydrogen) atoms. The monoisotopic (exact) mass is 454 g/mol. The Morgan fingerprint density at radius 2 is 1.41 bits per heavy atom. The number of thiol groups is 2. The van der Waals surface area contributed by atoms with Crippen LogP contribution >= 0.6 is 25.3 Å². The third-order valence-electron chi connectivity index (χ3n) is 3.68. The van der Waals surface area contributed by atoms with E-state index in [2.05, 4.69) is 41.2 Å². The van der Waals surface area contributed by atoms with Crippen LogP contribution in [0.25, 0.3) is 0 Å². The number of carbonyl (C=O) groups is 5. The predicted molar refractivity (Wildman–Crippen MR) is 108 cm³/mol. The summed E-state index contributed by atoms with van der Waals surface area (Å²) in [4.78, 5) is 58.1. The fourth-order valence-corrected chi connectivity index (χ4v) is 2.49. The van der Waals surface area contributed by atoms with E-state index >= 15 is 0 Å².